The first kappa shape index (κ1) is 17.0. The van der Waals surface area contributed by atoms with Gasteiger partial charge in [0.1, 0.15) is 11.4 Å². The number of benzene rings is 2. The second-order valence-corrected chi connectivity index (χ2v) is 6.62. The van der Waals surface area contributed by atoms with E-state index < -0.39 is 5.97 Å². The third-order valence-corrected chi connectivity index (χ3v) is 4.54. The van der Waals surface area contributed by atoms with Gasteiger partial charge >= 0.3 is 5.97 Å². The monoisotopic (exact) mass is 361 g/mol. The number of hydrogen-bond donors (Lipinski definition) is 1. The average molecular weight is 361 g/mol. The van der Waals surface area contributed by atoms with Crippen LogP contribution in [0.4, 0.5) is 0 Å². The van der Waals surface area contributed by atoms with Crippen LogP contribution in [0.2, 0.25) is 0 Å². The predicted octanol–water partition coefficient (Wildman–Crippen LogP) is 4.30. The van der Waals surface area contributed by atoms with E-state index in [9.17, 15) is 4.79 Å². The Morgan fingerprint density at radius 1 is 1.19 bits per heavy atom. The highest BCUT2D eigenvalue weighted by Crippen LogP contribution is 2.29. The number of imidazole rings is 1. The predicted molar refractivity (Wildman–Crippen MR) is 103 cm³/mol. The van der Waals surface area contributed by atoms with Crippen molar-refractivity contribution in [2.45, 2.75) is 19.9 Å². The molecular formula is C21H19N3O3. The first-order valence-electron chi connectivity index (χ1n) is 8.67. The van der Waals surface area contributed by atoms with Gasteiger partial charge in [-0.2, -0.15) is 0 Å². The number of nitrogens with zero attached hydrogens (tertiary/aromatic N) is 2. The number of rotatable bonds is 3. The van der Waals surface area contributed by atoms with Gasteiger partial charge in [-0.05, 0) is 44.2 Å². The highest BCUT2D eigenvalue weighted by Gasteiger charge is 2.19. The van der Waals surface area contributed by atoms with E-state index >= 15 is 0 Å². The van der Waals surface area contributed by atoms with Crippen LogP contribution < -0.4 is 5.55 Å². The molecule has 0 aliphatic heterocycles. The van der Waals surface area contributed by atoms with E-state index in [0.717, 1.165) is 10.9 Å². The molecule has 1 N–H and O–H groups in total. The fraction of sp³-hybridized carbons (Fsp3) is 0.190. The molecule has 0 saturated carbocycles. The molecule has 0 bridgehead atoms. The molecule has 2 aromatic heterocycles. The smallest absolute Gasteiger partial charge is 0.337 e. The number of carbonyl (C=O) groups is 1. The summed E-state index contributed by atoms with van der Waals surface area (Å²) in [5.41, 5.74) is 3.33. The highest BCUT2D eigenvalue weighted by molar-refractivity contribution is 5.94. The minimum Gasteiger partial charge on any atom is -0.465 e. The molecule has 0 amide bonds. The normalized spacial score (nSPS) is 11.4. The van der Waals surface area contributed by atoms with Crippen LogP contribution in [0.25, 0.3) is 33.4 Å². The van der Waals surface area contributed by atoms with E-state index in [1.54, 1.807) is 12.1 Å². The lowest BCUT2D eigenvalue weighted by Gasteiger charge is -2.13. The summed E-state index contributed by atoms with van der Waals surface area (Å²) in [4.78, 5) is 16.6. The molecule has 0 radical (unpaired) electrons. The summed E-state index contributed by atoms with van der Waals surface area (Å²) in [5.74, 6) is 0.237. The van der Waals surface area contributed by atoms with Crippen LogP contribution in [-0.4, -0.2) is 22.6 Å². The number of fused-ring (bicyclic) bond motifs is 2. The number of esters is 1. The van der Waals surface area contributed by atoms with Gasteiger partial charge < -0.3 is 13.7 Å². The van der Waals surface area contributed by atoms with E-state index in [1.807, 2.05) is 41.0 Å². The van der Waals surface area contributed by atoms with Crippen LogP contribution >= 0.6 is 0 Å². The van der Waals surface area contributed by atoms with Gasteiger partial charge in [-0.3, -0.25) is 5.41 Å². The van der Waals surface area contributed by atoms with Crippen LogP contribution in [0.3, 0.4) is 0 Å². The average Bonchev–Trinajstić information content (AvgIpc) is 3.05. The minimum absolute atomic E-state index is 0.0547. The van der Waals surface area contributed by atoms with Crippen molar-refractivity contribution in [1.29, 1.82) is 5.41 Å². The Morgan fingerprint density at radius 3 is 2.70 bits per heavy atom. The summed E-state index contributed by atoms with van der Waals surface area (Å²) in [7, 11) is 1.35. The van der Waals surface area contributed by atoms with Crippen molar-refractivity contribution in [1.82, 2.24) is 9.55 Å². The maximum atomic E-state index is 11.9. The Balaban J connectivity index is 2.01. The van der Waals surface area contributed by atoms with Crippen LogP contribution in [0.15, 0.2) is 52.9 Å². The molecule has 0 spiro atoms. The Hall–Kier alpha value is -3.41. The number of hydrogen-bond acceptors (Lipinski definition) is 5. The zero-order valence-electron chi connectivity index (χ0n) is 15.3. The standard InChI is InChI=1S/C21H19N3O3/c1-12(2)24-17-9-8-14(21(25)26-3)11-16(17)23-20(24)15-10-13-6-4-5-7-18(13)27-19(15)22/h4-12,22H,1-3H3. The van der Waals surface area contributed by atoms with Crippen molar-refractivity contribution >= 4 is 28.0 Å². The number of nitrogens with one attached hydrogen (secondary N) is 1. The molecular weight excluding hydrogens is 342 g/mol. The zero-order valence-corrected chi connectivity index (χ0v) is 15.3. The topological polar surface area (TPSA) is 81.1 Å². The Labute approximate surface area is 155 Å². The molecule has 0 aliphatic carbocycles. The van der Waals surface area contributed by atoms with E-state index in [2.05, 4.69) is 13.8 Å². The molecule has 0 fully saturated rings. The van der Waals surface area contributed by atoms with Crippen molar-refractivity contribution in [3.63, 3.8) is 0 Å². The Bertz CT molecular complexity index is 1230. The number of aromatic nitrogens is 2. The summed E-state index contributed by atoms with van der Waals surface area (Å²) >= 11 is 0. The lowest BCUT2D eigenvalue weighted by Crippen LogP contribution is -2.10. The number of carbonyl (C=O) groups excluding carboxylic acids is 1. The molecule has 2 heterocycles. The lowest BCUT2D eigenvalue weighted by atomic mass is 10.1. The van der Waals surface area contributed by atoms with Gasteiger partial charge in [0.15, 0.2) is 0 Å². The molecule has 4 aromatic rings. The van der Waals surface area contributed by atoms with Crippen molar-refractivity contribution in [2.24, 2.45) is 0 Å². The van der Waals surface area contributed by atoms with Crippen molar-refractivity contribution in [2.75, 3.05) is 7.11 Å². The maximum absolute atomic E-state index is 11.9. The molecule has 6 nitrogen and oxygen atoms in total. The van der Waals surface area contributed by atoms with Crippen molar-refractivity contribution in [3.05, 3.63) is 59.6 Å². The van der Waals surface area contributed by atoms with E-state index in [0.29, 0.717) is 28.1 Å². The second-order valence-electron chi connectivity index (χ2n) is 6.62. The highest BCUT2D eigenvalue weighted by atomic mass is 16.5. The molecule has 6 heteroatoms. The third kappa shape index (κ3) is 2.79. The number of methoxy groups -OCH3 is 1. The third-order valence-electron chi connectivity index (χ3n) is 4.54. The van der Waals surface area contributed by atoms with Gasteiger partial charge in [-0.15, -0.1) is 0 Å². The van der Waals surface area contributed by atoms with Gasteiger partial charge in [0.05, 0.1) is 29.3 Å². The first-order valence-corrected chi connectivity index (χ1v) is 8.67. The largest absolute Gasteiger partial charge is 0.465 e. The molecule has 0 saturated heterocycles. The van der Waals surface area contributed by atoms with Gasteiger partial charge in [0.25, 0.3) is 0 Å². The van der Waals surface area contributed by atoms with Crippen LogP contribution in [0.1, 0.15) is 30.2 Å². The summed E-state index contributed by atoms with van der Waals surface area (Å²) in [6.45, 7) is 4.11. The van der Waals surface area contributed by atoms with Gasteiger partial charge in [-0.1, -0.05) is 18.2 Å². The van der Waals surface area contributed by atoms with E-state index in [-0.39, 0.29) is 11.6 Å². The zero-order chi connectivity index (χ0) is 19.1. The summed E-state index contributed by atoms with van der Waals surface area (Å²) in [6.07, 6.45) is 0. The summed E-state index contributed by atoms with van der Waals surface area (Å²) in [5, 5.41) is 9.25. The first-order chi connectivity index (χ1) is 13.0. The SMILES string of the molecule is COC(=O)c1ccc2c(c1)nc(-c1cc3ccccc3oc1=N)n2C(C)C. The van der Waals surface area contributed by atoms with E-state index in [4.69, 9.17) is 19.5 Å². The second kappa shape index (κ2) is 6.39. The van der Waals surface area contributed by atoms with Crippen molar-refractivity contribution in [3.8, 4) is 11.4 Å². The Kier molecular flexibility index (Phi) is 4.03. The molecule has 0 aliphatic rings. The number of ether oxygens (including phenoxy) is 1. The molecule has 2 aromatic carbocycles. The maximum Gasteiger partial charge on any atom is 0.337 e. The van der Waals surface area contributed by atoms with Crippen LogP contribution in [0.5, 0.6) is 0 Å². The molecule has 4 rings (SSSR count). The fourth-order valence-electron chi connectivity index (χ4n) is 3.30. The van der Waals surface area contributed by atoms with Crippen LogP contribution in [-0.2, 0) is 4.74 Å². The molecule has 27 heavy (non-hydrogen) atoms. The minimum atomic E-state index is -0.403. The lowest BCUT2D eigenvalue weighted by molar-refractivity contribution is 0.0601. The van der Waals surface area contributed by atoms with Gasteiger partial charge in [-0.25, -0.2) is 9.78 Å². The molecule has 0 unspecified atom stereocenters. The summed E-state index contributed by atoms with van der Waals surface area (Å²) < 4.78 is 12.5. The Morgan fingerprint density at radius 2 is 1.96 bits per heavy atom. The van der Waals surface area contributed by atoms with E-state index in [1.165, 1.54) is 7.11 Å². The van der Waals surface area contributed by atoms with Crippen molar-refractivity contribution < 1.29 is 13.9 Å². The number of para-hydroxylation sites is 1. The van der Waals surface area contributed by atoms with Gasteiger partial charge in [0, 0.05) is 11.4 Å². The van der Waals surface area contributed by atoms with Gasteiger partial charge in [0.2, 0.25) is 5.55 Å². The molecule has 136 valence electrons. The quantitative estimate of drug-likeness (QED) is 0.552. The molecule has 0 atom stereocenters. The summed E-state index contributed by atoms with van der Waals surface area (Å²) in [6, 6.07) is 14.9. The van der Waals surface area contributed by atoms with Crippen LogP contribution in [0, 0.1) is 5.41 Å². The fourth-order valence-corrected chi connectivity index (χ4v) is 3.30.